The predicted molar refractivity (Wildman–Crippen MR) is 39.2 cm³/mol. The fourth-order valence-corrected chi connectivity index (χ4v) is 0.969. The van der Waals surface area contributed by atoms with E-state index in [0.29, 0.717) is 19.2 Å². The summed E-state index contributed by atoms with van der Waals surface area (Å²) in [4.78, 5) is 10.9. The molecule has 0 radical (unpaired) electrons. The fourth-order valence-electron chi connectivity index (χ4n) is 0.969. The number of methoxy groups -OCH3 is 1. The number of ether oxygens (including phenoxy) is 2. The molecule has 1 rings (SSSR count). The minimum Gasteiger partial charge on any atom is -0.467 e. The molecule has 0 unspecified atom stereocenters. The van der Waals surface area contributed by atoms with Crippen LogP contribution in [-0.2, 0) is 14.3 Å². The van der Waals surface area contributed by atoms with Gasteiger partial charge in [-0.15, -0.1) is 0 Å². The van der Waals surface area contributed by atoms with E-state index in [1.807, 2.05) is 6.92 Å². The van der Waals surface area contributed by atoms with Crippen LogP contribution in [0.1, 0.15) is 6.92 Å². The highest BCUT2D eigenvalue weighted by Crippen LogP contribution is 2.01. The predicted octanol–water partition coefficient (Wildman–Crippen LogP) is -0.464. The highest BCUT2D eigenvalue weighted by atomic mass is 16.6. The lowest BCUT2D eigenvalue weighted by molar-refractivity contribution is -0.156. The number of hydrogen-bond donors (Lipinski definition) is 1. The topological polar surface area (TPSA) is 47.6 Å². The zero-order valence-corrected chi connectivity index (χ0v) is 6.79. The quantitative estimate of drug-likeness (QED) is 0.526. The van der Waals surface area contributed by atoms with Crippen molar-refractivity contribution in [3.05, 3.63) is 0 Å². The van der Waals surface area contributed by atoms with Crippen LogP contribution in [0.2, 0.25) is 0 Å². The molecule has 0 aromatic rings. The van der Waals surface area contributed by atoms with Crippen molar-refractivity contribution in [2.45, 2.75) is 19.1 Å². The van der Waals surface area contributed by atoms with E-state index in [2.05, 4.69) is 10.1 Å². The van der Waals surface area contributed by atoms with Crippen molar-refractivity contribution in [1.82, 2.24) is 5.32 Å². The number of hydrogen-bond acceptors (Lipinski definition) is 4. The van der Waals surface area contributed by atoms with Gasteiger partial charge in [0.25, 0.3) is 0 Å². The molecule has 2 atom stereocenters. The second kappa shape index (κ2) is 3.69. The molecule has 64 valence electrons. The first-order valence-electron chi connectivity index (χ1n) is 3.67. The smallest absolute Gasteiger partial charge is 0.336 e. The summed E-state index contributed by atoms with van der Waals surface area (Å²) in [5.41, 5.74) is 0. The van der Waals surface area contributed by atoms with Gasteiger partial charge in [-0.2, -0.15) is 0 Å². The number of esters is 1. The van der Waals surface area contributed by atoms with Crippen molar-refractivity contribution in [3.63, 3.8) is 0 Å². The molecule has 0 aliphatic carbocycles. The monoisotopic (exact) mass is 159 g/mol. The highest BCUT2D eigenvalue weighted by molar-refractivity contribution is 5.74. The van der Waals surface area contributed by atoms with Gasteiger partial charge in [-0.05, 0) is 6.92 Å². The van der Waals surface area contributed by atoms with Crippen LogP contribution >= 0.6 is 0 Å². The van der Waals surface area contributed by atoms with Gasteiger partial charge in [-0.25, -0.2) is 4.79 Å². The van der Waals surface area contributed by atoms with Crippen molar-refractivity contribution in [2.75, 3.05) is 20.3 Å². The lowest BCUT2D eigenvalue weighted by Crippen LogP contribution is -2.48. The van der Waals surface area contributed by atoms with Crippen molar-refractivity contribution in [2.24, 2.45) is 0 Å². The summed E-state index contributed by atoms with van der Waals surface area (Å²) >= 11 is 0. The van der Waals surface area contributed by atoms with Gasteiger partial charge in [0, 0.05) is 12.6 Å². The van der Waals surface area contributed by atoms with Gasteiger partial charge >= 0.3 is 5.97 Å². The molecular formula is C7H13NO3. The maximum absolute atomic E-state index is 10.9. The Morgan fingerprint density at radius 3 is 2.91 bits per heavy atom. The number of carbonyl (C=O) groups is 1. The van der Waals surface area contributed by atoms with Gasteiger partial charge in [0.05, 0.1) is 13.7 Å². The number of carbonyl (C=O) groups excluding carboxylic acids is 1. The second-order valence-corrected chi connectivity index (χ2v) is 2.65. The molecule has 1 aliphatic rings. The number of nitrogens with one attached hydrogen (secondary N) is 1. The van der Waals surface area contributed by atoms with E-state index in [1.54, 1.807) is 0 Å². The summed E-state index contributed by atoms with van der Waals surface area (Å²) in [6, 6.07) is 0.330. The van der Waals surface area contributed by atoms with Crippen LogP contribution in [0.4, 0.5) is 0 Å². The van der Waals surface area contributed by atoms with Crippen LogP contribution in [-0.4, -0.2) is 38.4 Å². The SMILES string of the molecule is COC(=O)[C@H]1CN[C@H](C)CO1. The maximum Gasteiger partial charge on any atom is 0.336 e. The Hall–Kier alpha value is -0.610. The molecule has 1 heterocycles. The van der Waals surface area contributed by atoms with Crippen molar-refractivity contribution >= 4 is 5.97 Å². The molecule has 4 heteroatoms. The lowest BCUT2D eigenvalue weighted by Gasteiger charge is -2.26. The third kappa shape index (κ3) is 2.17. The average molecular weight is 159 g/mol. The van der Waals surface area contributed by atoms with Crippen LogP contribution in [0.3, 0.4) is 0 Å². The molecule has 0 aromatic carbocycles. The fraction of sp³-hybridized carbons (Fsp3) is 0.857. The Labute approximate surface area is 65.9 Å². The van der Waals surface area contributed by atoms with Crippen molar-refractivity contribution in [3.8, 4) is 0 Å². The van der Waals surface area contributed by atoms with E-state index < -0.39 is 6.10 Å². The molecule has 0 spiro atoms. The van der Waals surface area contributed by atoms with Crippen LogP contribution in [0, 0.1) is 0 Å². The summed E-state index contributed by atoms with van der Waals surface area (Å²) in [5.74, 6) is -0.301. The molecule has 0 bridgehead atoms. The standard InChI is InChI=1S/C7H13NO3/c1-5-4-11-6(3-8-5)7(9)10-2/h5-6,8H,3-4H2,1-2H3/t5-,6-/m1/s1. The van der Waals surface area contributed by atoms with Gasteiger partial charge in [0.2, 0.25) is 0 Å². The van der Waals surface area contributed by atoms with Gasteiger partial charge in [0.15, 0.2) is 6.10 Å². The minimum absolute atomic E-state index is 0.301. The van der Waals surface area contributed by atoms with E-state index in [1.165, 1.54) is 7.11 Å². The largest absolute Gasteiger partial charge is 0.467 e. The highest BCUT2D eigenvalue weighted by Gasteiger charge is 2.24. The summed E-state index contributed by atoms with van der Waals surface area (Å²) in [7, 11) is 1.36. The zero-order chi connectivity index (χ0) is 8.27. The molecular weight excluding hydrogens is 146 g/mol. The normalized spacial score (nSPS) is 31.5. The third-order valence-electron chi connectivity index (χ3n) is 1.66. The number of morpholine rings is 1. The molecule has 0 amide bonds. The van der Waals surface area contributed by atoms with Crippen LogP contribution in [0.15, 0.2) is 0 Å². The molecule has 11 heavy (non-hydrogen) atoms. The Morgan fingerprint density at radius 1 is 1.73 bits per heavy atom. The number of rotatable bonds is 1. The summed E-state index contributed by atoms with van der Waals surface area (Å²) in [5, 5.41) is 3.12. The minimum atomic E-state index is -0.420. The molecule has 0 saturated carbocycles. The summed E-state index contributed by atoms with van der Waals surface area (Å²) in [6.07, 6.45) is -0.420. The third-order valence-corrected chi connectivity index (χ3v) is 1.66. The Balaban J connectivity index is 2.33. The summed E-state index contributed by atoms with van der Waals surface area (Å²) in [6.45, 7) is 3.13. The van der Waals surface area contributed by atoms with Gasteiger partial charge in [0.1, 0.15) is 0 Å². The molecule has 0 aromatic heterocycles. The van der Waals surface area contributed by atoms with Gasteiger partial charge in [-0.3, -0.25) is 0 Å². The Bertz CT molecular complexity index is 141. The van der Waals surface area contributed by atoms with E-state index in [-0.39, 0.29) is 5.97 Å². The zero-order valence-electron chi connectivity index (χ0n) is 6.79. The molecule has 4 nitrogen and oxygen atoms in total. The molecule has 1 fully saturated rings. The van der Waals surface area contributed by atoms with Crippen molar-refractivity contribution < 1.29 is 14.3 Å². The van der Waals surface area contributed by atoms with Crippen molar-refractivity contribution in [1.29, 1.82) is 0 Å². The van der Waals surface area contributed by atoms with Crippen LogP contribution in [0.5, 0.6) is 0 Å². The van der Waals surface area contributed by atoms with Crippen LogP contribution in [0.25, 0.3) is 0 Å². The maximum atomic E-state index is 10.9. The van der Waals surface area contributed by atoms with Gasteiger partial charge < -0.3 is 14.8 Å². The summed E-state index contributed by atoms with van der Waals surface area (Å²) < 4.78 is 9.73. The van der Waals surface area contributed by atoms with Gasteiger partial charge in [-0.1, -0.05) is 0 Å². The first kappa shape index (κ1) is 8.49. The lowest BCUT2D eigenvalue weighted by atomic mass is 10.2. The average Bonchev–Trinajstić information content (AvgIpc) is 2.05. The van der Waals surface area contributed by atoms with E-state index >= 15 is 0 Å². The van der Waals surface area contributed by atoms with Crippen LogP contribution < -0.4 is 5.32 Å². The first-order chi connectivity index (χ1) is 5.24. The van der Waals surface area contributed by atoms with E-state index in [0.717, 1.165) is 0 Å². The molecule has 1 N–H and O–H groups in total. The molecule has 1 saturated heterocycles. The molecule has 1 aliphatic heterocycles. The van der Waals surface area contributed by atoms with E-state index in [9.17, 15) is 4.79 Å². The second-order valence-electron chi connectivity index (χ2n) is 2.65. The Kier molecular flexibility index (Phi) is 2.84. The first-order valence-corrected chi connectivity index (χ1v) is 3.67. The van der Waals surface area contributed by atoms with E-state index in [4.69, 9.17) is 4.74 Å². The Morgan fingerprint density at radius 2 is 2.45 bits per heavy atom.